The van der Waals surface area contributed by atoms with Gasteiger partial charge >= 0.3 is 0 Å². The van der Waals surface area contributed by atoms with E-state index in [0.29, 0.717) is 13.2 Å². The van der Waals surface area contributed by atoms with Crippen LogP contribution in [-0.2, 0) is 13.0 Å². The number of nitrogens with one attached hydrogen (secondary N) is 1. The molecule has 2 aromatic rings. The van der Waals surface area contributed by atoms with Crippen molar-refractivity contribution in [3.05, 3.63) is 35.9 Å². The molecule has 22 heavy (non-hydrogen) atoms. The van der Waals surface area contributed by atoms with Gasteiger partial charge in [-0.25, -0.2) is 0 Å². The van der Waals surface area contributed by atoms with E-state index in [4.69, 9.17) is 9.47 Å². The van der Waals surface area contributed by atoms with Gasteiger partial charge < -0.3 is 19.4 Å². The zero-order valence-corrected chi connectivity index (χ0v) is 13.1. The zero-order valence-electron chi connectivity index (χ0n) is 13.1. The lowest BCUT2D eigenvalue weighted by atomic mass is 10.1. The Bertz CT molecular complexity index is 626. The lowest BCUT2D eigenvalue weighted by molar-refractivity contribution is 0.171. The van der Waals surface area contributed by atoms with Crippen LogP contribution < -0.4 is 14.8 Å². The van der Waals surface area contributed by atoms with Gasteiger partial charge in [0.1, 0.15) is 25.4 Å². The first-order valence-electron chi connectivity index (χ1n) is 7.77. The van der Waals surface area contributed by atoms with Gasteiger partial charge in [-0.05, 0) is 24.6 Å². The Morgan fingerprint density at radius 1 is 1.27 bits per heavy atom. The Kier molecular flexibility index (Phi) is 4.58. The Morgan fingerprint density at radius 3 is 2.91 bits per heavy atom. The molecule has 0 saturated heterocycles. The second kappa shape index (κ2) is 6.79. The van der Waals surface area contributed by atoms with Crippen LogP contribution in [0.15, 0.2) is 24.5 Å². The standard InChI is InChI=1S/C16H22N4O2/c1-3-16-19-18-11-20(16)7-6-17-12(2)13-4-5-14-15(10-13)22-9-8-21-14/h4-5,10-12,17H,3,6-9H2,1-2H3. The van der Waals surface area contributed by atoms with Crippen LogP contribution in [0, 0.1) is 0 Å². The minimum atomic E-state index is 0.248. The summed E-state index contributed by atoms with van der Waals surface area (Å²) in [6.45, 7) is 7.21. The second-order valence-corrected chi connectivity index (χ2v) is 5.37. The van der Waals surface area contributed by atoms with Crippen molar-refractivity contribution >= 4 is 0 Å². The Morgan fingerprint density at radius 2 is 2.09 bits per heavy atom. The SMILES string of the molecule is CCc1nncn1CCNC(C)c1ccc2c(c1)OCCO2. The highest BCUT2D eigenvalue weighted by Crippen LogP contribution is 2.32. The first-order valence-corrected chi connectivity index (χ1v) is 7.77. The summed E-state index contributed by atoms with van der Waals surface area (Å²) in [7, 11) is 0. The molecule has 1 aromatic carbocycles. The average molecular weight is 302 g/mol. The Balaban J connectivity index is 1.56. The smallest absolute Gasteiger partial charge is 0.161 e. The molecule has 1 aromatic heterocycles. The Labute approximate surface area is 130 Å². The van der Waals surface area contributed by atoms with E-state index in [1.807, 2.05) is 6.07 Å². The van der Waals surface area contributed by atoms with Crippen molar-refractivity contribution in [1.82, 2.24) is 20.1 Å². The molecule has 1 aliphatic rings. The van der Waals surface area contributed by atoms with Crippen molar-refractivity contribution in [2.75, 3.05) is 19.8 Å². The predicted molar refractivity (Wildman–Crippen MR) is 83.2 cm³/mol. The lowest BCUT2D eigenvalue weighted by Crippen LogP contribution is -2.24. The van der Waals surface area contributed by atoms with Crippen molar-refractivity contribution < 1.29 is 9.47 Å². The molecule has 3 rings (SSSR count). The van der Waals surface area contributed by atoms with Crippen LogP contribution in [0.3, 0.4) is 0 Å². The number of aromatic nitrogens is 3. The maximum absolute atomic E-state index is 5.63. The summed E-state index contributed by atoms with van der Waals surface area (Å²) in [6.07, 6.45) is 2.69. The van der Waals surface area contributed by atoms with Gasteiger partial charge in [-0.15, -0.1) is 10.2 Å². The van der Waals surface area contributed by atoms with E-state index in [9.17, 15) is 0 Å². The lowest BCUT2D eigenvalue weighted by Gasteiger charge is -2.21. The molecular weight excluding hydrogens is 280 g/mol. The number of aryl methyl sites for hydroxylation is 1. The van der Waals surface area contributed by atoms with Crippen molar-refractivity contribution in [2.45, 2.75) is 32.9 Å². The molecule has 1 atom stereocenters. The summed E-state index contributed by atoms with van der Waals surface area (Å²) in [5.74, 6) is 2.69. The molecule has 0 amide bonds. The zero-order chi connectivity index (χ0) is 15.4. The number of hydrogen-bond acceptors (Lipinski definition) is 5. The summed E-state index contributed by atoms with van der Waals surface area (Å²) < 4.78 is 13.3. The molecule has 2 heterocycles. The number of fused-ring (bicyclic) bond motifs is 1. The monoisotopic (exact) mass is 302 g/mol. The van der Waals surface area contributed by atoms with Gasteiger partial charge in [0.25, 0.3) is 0 Å². The molecule has 1 N–H and O–H groups in total. The quantitative estimate of drug-likeness (QED) is 0.884. The van der Waals surface area contributed by atoms with Crippen molar-refractivity contribution in [2.24, 2.45) is 0 Å². The van der Waals surface area contributed by atoms with Crippen LogP contribution in [0.2, 0.25) is 0 Å². The summed E-state index contributed by atoms with van der Waals surface area (Å²) in [5, 5.41) is 11.6. The average Bonchev–Trinajstić information content (AvgIpc) is 3.01. The predicted octanol–water partition coefficient (Wildman–Crippen LogP) is 1.96. The van der Waals surface area contributed by atoms with Gasteiger partial charge in [0, 0.05) is 25.6 Å². The first kappa shape index (κ1) is 14.8. The van der Waals surface area contributed by atoms with Gasteiger partial charge in [0.15, 0.2) is 11.5 Å². The van der Waals surface area contributed by atoms with Crippen molar-refractivity contribution in [3.8, 4) is 11.5 Å². The largest absolute Gasteiger partial charge is 0.486 e. The van der Waals surface area contributed by atoms with Crippen LogP contribution in [0.4, 0.5) is 0 Å². The topological polar surface area (TPSA) is 61.2 Å². The highest BCUT2D eigenvalue weighted by atomic mass is 16.6. The molecule has 6 heteroatoms. The summed E-state index contributed by atoms with van der Waals surface area (Å²) >= 11 is 0. The third-order valence-electron chi connectivity index (χ3n) is 3.88. The number of ether oxygens (including phenoxy) is 2. The first-order chi connectivity index (χ1) is 10.8. The summed E-state index contributed by atoms with van der Waals surface area (Å²) in [5.41, 5.74) is 1.20. The minimum absolute atomic E-state index is 0.248. The number of hydrogen-bond donors (Lipinski definition) is 1. The molecule has 0 spiro atoms. The third kappa shape index (κ3) is 3.22. The van der Waals surface area contributed by atoms with E-state index in [0.717, 1.165) is 36.8 Å². The molecule has 0 bridgehead atoms. The van der Waals surface area contributed by atoms with Gasteiger partial charge in [-0.3, -0.25) is 0 Å². The highest BCUT2D eigenvalue weighted by Gasteiger charge is 2.14. The minimum Gasteiger partial charge on any atom is -0.486 e. The van der Waals surface area contributed by atoms with E-state index in [1.54, 1.807) is 6.33 Å². The van der Waals surface area contributed by atoms with Crippen LogP contribution >= 0.6 is 0 Å². The van der Waals surface area contributed by atoms with E-state index in [2.05, 4.69) is 46.1 Å². The van der Waals surface area contributed by atoms with Gasteiger partial charge in [-0.1, -0.05) is 13.0 Å². The highest BCUT2D eigenvalue weighted by molar-refractivity contribution is 5.44. The molecule has 0 radical (unpaired) electrons. The van der Waals surface area contributed by atoms with Crippen molar-refractivity contribution in [1.29, 1.82) is 0 Å². The van der Waals surface area contributed by atoms with Gasteiger partial charge in [0.05, 0.1) is 0 Å². The van der Waals surface area contributed by atoms with Crippen LogP contribution in [0.1, 0.15) is 31.3 Å². The van der Waals surface area contributed by atoms with Gasteiger partial charge in [-0.2, -0.15) is 0 Å². The van der Waals surface area contributed by atoms with Crippen LogP contribution in [0.5, 0.6) is 11.5 Å². The molecule has 0 aliphatic carbocycles. The molecular formula is C16H22N4O2. The fourth-order valence-corrected chi connectivity index (χ4v) is 2.59. The number of nitrogens with zero attached hydrogens (tertiary/aromatic N) is 3. The maximum atomic E-state index is 5.63. The second-order valence-electron chi connectivity index (χ2n) is 5.37. The molecule has 0 fully saturated rings. The fraction of sp³-hybridized carbons (Fsp3) is 0.500. The summed E-state index contributed by atoms with van der Waals surface area (Å²) in [6, 6.07) is 6.37. The summed E-state index contributed by atoms with van der Waals surface area (Å²) in [4.78, 5) is 0. The molecule has 6 nitrogen and oxygen atoms in total. The molecule has 0 saturated carbocycles. The van der Waals surface area contributed by atoms with E-state index in [-0.39, 0.29) is 6.04 Å². The fourth-order valence-electron chi connectivity index (χ4n) is 2.59. The van der Waals surface area contributed by atoms with Crippen LogP contribution in [-0.4, -0.2) is 34.5 Å². The third-order valence-corrected chi connectivity index (χ3v) is 3.88. The van der Waals surface area contributed by atoms with E-state index >= 15 is 0 Å². The normalized spacial score (nSPS) is 14.8. The molecule has 1 unspecified atom stereocenters. The molecule has 118 valence electrons. The van der Waals surface area contributed by atoms with E-state index < -0.39 is 0 Å². The van der Waals surface area contributed by atoms with Crippen molar-refractivity contribution in [3.63, 3.8) is 0 Å². The number of rotatable bonds is 6. The van der Waals surface area contributed by atoms with E-state index in [1.165, 1.54) is 5.56 Å². The van der Waals surface area contributed by atoms with Crippen LogP contribution in [0.25, 0.3) is 0 Å². The van der Waals surface area contributed by atoms with Gasteiger partial charge in [0.2, 0.25) is 0 Å². The maximum Gasteiger partial charge on any atom is 0.161 e. The Hall–Kier alpha value is -2.08. The molecule has 1 aliphatic heterocycles. The number of benzene rings is 1.